The summed E-state index contributed by atoms with van der Waals surface area (Å²) < 4.78 is 0. The second-order valence-electron chi connectivity index (χ2n) is 7.36. The first-order valence-electron chi connectivity index (χ1n) is 10.1. The van der Waals surface area contributed by atoms with E-state index >= 15 is 0 Å². The maximum absolute atomic E-state index is 12.0. The van der Waals surface area contributed by atoms with Crippen molar-refractivity contribution in [1.29, 1.82) is 0 Å². The van der Waals surface area contributed by atoms with Gasteiger partial charge in [-0.15, -0.1) is 0 Å². The van der Waals surface area contributed by atoms with Crippen LogP contribution in [-0.4, -0.2) is 63.4 Å². The molecule has 0 aromatic heterocycles. The van der Waals surface area contributed by atoms with Gasteiger partial charge in [-0.05, 0) is 28.3 Å². The first-order chi connectivity index (χ1) is 13.8. The van der Waals surface area contributed by atoms with Crippen LogP contribution in [0.25, 0.3) is 11.1 Å². The second-order valence-corrected chi connectivity index (χ2v) is 7.36. The molecule has 0 radical (unpaired) electrons. The molecule has 1 aliphatic heterocycles. The van der Waals surface area contributed by atoms with Crippen LogP contribution >= 0.6 is 0 Å². The molecule has 2 aliphatic rings. The number of aromatic carboxylic acids is 1. The zero-order chi connectivity index (χ0) is 19.3. The highest BCUT2D eigenvalue weighted by Gasteiger charge is 2.27. The fourth-order valence-electron chi connectivity index (χ4n) is 4.22. The van der Waals surface area contributed by atoms with E-state index < -0.39 is 5.97 Å². The minimum Gasteiger partial charge on any atom is -0.478 e. The normalized spacial score (nSPS) is 17.9. The number of nitrogens with zero attached hydrogens (tertiary/aromatic N) is 1. The lowest BCUT2D eigenvalue weighted by molar-refractivity contribution is 0.0697. The van der Waals surface area contributed by atoms with Crippen LogP contribution in [0.2, 0.25) is 0 Å². The number of carbonyl (C=O) groups is 1. The van der Waals surface area contributed by atoms with E-state index in [1.165, 1.54) is 16.7 Å². The number of benzene rings is 2. The van der Waals surface area contributed by atoms with Crippen LogP contribution in [0.15, 0.2) is 36.4 Å². The molecule has 6 heteroatoms. The molecule has 0 bridgehead atoms. The molecule has 148 valence electrons. The minimum absolute atomic E-state index is 0.403. The largest absolute Gasteiger partial charge is 0.478 e. The summed E-state index contributed by atoms with van der Waals surface area (Å²) in [6.07, 6.45) is 0.795. The predicted octanol–water partition coefficient (Wildman–Crippen LogP) is 1.54. The van der Waals surface area contributed by atoms with Crippen molar-refractivity contribution in [2.24, 2.45) is 0 Å². The lowest BCUT2D eigenvalue weighted by Gasteiger charge is -2.29. The summed E-state index contributed by atoms with van der Waals surface area (Å²) in [6.45, 7) is 6.95. The monoisotopic (exact) mass is 380 g/mol. The van der Waals surface area contributed by atoms with Gasteiger partial charge in [-0.3, -0.25) is 0 Å². The Hall–Kier alpha value is -2.41. The Bertz CT molecular complexity index is 840. The maximum Gasteiger partial charge on any atom is 0.337 e. The predicted molar refractivity (Wildman–Crippen MR) is 112 cm³/mol. The van der Waals surface area contributed by atoms with Crippen LogP contribution in [0.3, 0.4) is 0 Å². The highest BCUT2D eigenvalue weighted by molar-refractivity contribution is 5.98. The molecule has 0 saturated carbocycles. The summed E-state index contributed by atoms with van der Waals surface area (Å²) in [5, 5.41) is 20.2. The molecule has 1 aliphatic carbocycles. The van der Waals surface area contributed by atoms with Crippen LogP contribution in [0.4, 0.5) is 5.69 Å². The lowest BCUT2D eigenvalue weighted by Crippen LogP contribution is -2.42. The summed E-state index contributed by atoms with van der Waals surface area (Å²) in [6, 6.07) is 12.1. The van der Waals surface area contributed by atoms with Crippen LogP contribution in [0, 0.1) is 0 Å². The summed E-state index contributed by atoms with van der Waals surface area (Å²) in [5.41, 5.74) is 6.12. The Balaban J connectivity index is 1.70. The zero-order valence-corrected chi connectivity index (χ0v) is 16.1. The minimum atomic E-state index is -0.856. The molecule has 1 fully saturated rings. The molecule has 2 aromatic carbocycles. The van der Waals surface area contributed by atoms with Crippen LogP contribution in [-0.2, 0) is 6.42 Å². The third-order valence-electron chi connectivity index (χ3n) is 5.58. The standard InChI is InChI=1S/C22H28N4O2/c27-22(28)19-6-5-18-17-4-2-1-3-16(17)15-20(18)21(19)26-13-11-24-9-7-23-8-10-25-12-14-26/h1-6,23-25H,7-15H2,(H,27,28). The topological polar surface area (TPSA) is 76.6 Å². The molecular formula is C22H28N4O2. The van der Waals surface area contributed by atoms with Gasteiger partial charge < -0.3 is 26.0 Å². The first kappa shape index (κ1) is 18.9. The third kappa shape index (κ3) is 3.90. The Morgan fingerprint density at radius 3 is 2.14 bits per heavy atom. The highest BCUT2D eigenvalue weighted by Crippen LogP contribution is 2.43. The van der Waals surface area contributed by atoms with E-state index in [0.717, 1.165) is 70.0 Å². The van der Waals surface area contributed by atoms with Gasteiger partial charge in [0.1, 0.15) is 0 Å². The van der Waals surface area contributed by atoms with Gasteiger partial charge in [-0.1, -0.05) is 30.3 Å². The number of anilines is 1. The van der Waals surface area contributed by atoms with E-state index in [4.69, 9.17) is 0 Å². The van der Waals surface area contributed by atoms with Gasteiger partial charge in [-0.2, -0.15) is 0 Å². The van der Waals surface area contributed by atoms with E-state index in [2.05, 4.69) is 45.1 Å². The van der Waals surface area contributed by atoms with Gasteiger partial charge in [-0.25, -0.2) is 4.79 Å². The van der Waals surface area contributed by atoms with Crippen molar-refractivity contribution < 1.29 is 9.90 Å². The van der Waals surface area contributed by atoms with Crippen molar-refractivity contribution in [3.8, 4) is 11.1 Å². The molecule has 28 heavy (non-hydrogen) atoms. The van der Waals surface area contributed by atoms with Crippen molar-refractivity contribution >= 4 is 11.7 Å². The van der Waals surface area contributed by atoms with Gasteiger partial charge in [0.2, 0.25) is 0 Å². The zero-order valence-electron chi connectivity index (χ0n) is 16.1. The molecule has 0 atom stereocenters. The maximum atomic E-state index is 12.0. The van der Waals surface area contributed by atoms with Crippen LogP contribution in [0.1, 0.15) is 21.5 Å². The van der Waals surface area contributed by atoms with Crippen molar-refractivity contribution in [3.63, 3.8) is 0 Å². The van der Waals surface area contributed by atoms with Crippen molar-refractivity contribution in [2.75, 3.05) is 57.3 Å². The highest BCUT2D eigenvalue weighted by atomic mass is 16.4. The third-order valence-corrected chi connectivity index (χ3v) is 5.58. The second kappa shape index (κ2) is 8.73. The molecule has 0 amide bonds. The van der Waals surface area contributed by atoms with E-state index in [0.29, 0.717) is 5.56 Å². The van der Waals surface area contributed by atoms with Gasteiger partial charge in [0.05, 0.1) is 11.3 Å². The SMILES string of the molecule is O=C(O)c1ccc2c(c1N1CCNCCNCCNCC1)Cc1ccccc1-2. The van der Waals surface area contributed by atoms with E-state index in [9.17, 15) is 9.90 Å². The molecule has 4 N–H and O–H groups in total. The smallest absolute Gasteiger partial charge is 0.337 e. The van der Waals surface area contributed by atoms with Crippen molar-refractivity contribution in [2.45, 2.75) is 6.42 Å². The average Bonchev–Trinajstić information content (AvgIpc) is 3.06. The number of carboxylic acid groups (broad SMARTS) is 1. The quantitative estimate of drug-likeness (QED) is 0.540. The summed E-state index contributed by atoms with van der Waals surface area (Å²) in [4.78, 5) is 14.3. The molecule has 1 saturated heterocycles. The molecular weight excluding hydrogens is 352 g/mol. The van der Waals surface area contributed by atoms with Gasteiger partial charge in [0.25, 0.3) is 0 Å². The molecule has 2 aromatic rings. The lowest BCUT2D eigenvalue weighted by atomic mass is 9.99. The Morgan fingerprint density at radius 2 is 1.46 bits per heavy atom. The van der Waals surface area contributed by atoms with Crippen LogP contribution < -0.4 is 20.9 Å². The van der Waals surface area contributed by atoms with Crippen LogP contribution in [0.5, 0.6) is 0 Å². The average molecular weight is 380 g/mol. The Morgan fingerprint density at radius 1 is 0.821 bits per heavy atom. The molecule has 6 nitrogen and oxygen atoms in total. The Labute approximate surface area is 165 Å². The fraction of sp³-hybridized carbons (Fsp3) is 0.409. The van der Waals surface area contributed by atoms with Gasteiger partial charge in [0, 0.05) is 58.8 Å². The summed E-state index contributed by atoms with van der Waals surface area (Å²) in [7, 11) is 0. The number of hydrogen-bond acceptors (Lipinski definition) is 5. The van der Waals surface area contributed by atoms with Crippen molar-refractivity contribution in [3.05, 3.63) is 53.1 Å². The number of carboxylic acids is 1. The number of fused-ring (bicyclic) bond motifs is 3. The van der Waals surface area contributed by atoms with E-state index in [1.807, 2.05) is 6.07 Å². The summed E-state index contributed by atoms with van der Waals surface area (Å²) in [5.74, 6) is -0.856. The molecule has 0 spiro atoms. The van der Waals surface area contributed by atoms with Gasteiger partial charge >= 0.3 is 5.97 Å². The van der Waals surface area contributed by atoms with Gasteiger partial charge in [0.15, 0.2) is 0 Å². The number of hydrogen-bond donors (Lipinski definition) is 4. The number of nitrogens with one attached hydrogen (secondary N) is 3. The number of rotatable bonds is 2. The first-order valence-corrected chi connectivity index (χ1v) is 10.1. The molecule has 0 unspecified atom stereocenters. The van der Waals surface area contributed by atoms with Crippen molar-refractivity contribution in [1.82, 2.24) is 16.0 Å². The summed E-state index contributed by atoms with van der Waals surface area (Å²) >= 11 is 0. The molecule has 1 heterocycles. The fourth-order valence-corrected chi connectivity index (χ4v) is 4.22. The van der Waals surface area contributed by atoms with E-state index in [-0.39, 0.29) is 0 Å². The van der Waals surface area contributed by atoms with E-state index in [1.54, 1.807) is 6.07 Å². The molecule has 4 rings (SSSR count). The Kier molecular flexibility index (Phi) is 5.90.